The van der Waals surface area contributed by atoms with Crippen LogP contribution in [0.1, 0.15) is 55.0 Å². The second-order valence-electron chi connectivity index (χ2n) is 5.09. The number of aryl methyl sites for hydroxylation is 2. The Bertz CT molecular complexity index is 629. The summed E-state index contributed by atoms with van der Waals surface area (Å²) in [6.07, 6.45) is 3.39. The van der Waals surface area contributed by atoms with Crippen LogP contribution in [0.5, 0.6) is 0 Å². The summed E-state index contributed by atoms with van der Waals surface area (Å²) in [7, 11) is 1.82. The Balaban J connectivity index is 2.81. The van der Waals surface area contributed by atoms with Crippen LogP contribution in [-0.2, 0) is 13.5 Å². The highest BCUT2D eigenvalue weighted by atomic mass is 16.4. The molecule has 0 fully saturated rings. The molecule has 19 heavy (non-hydrogen) atoms. The molecule has 0 saturated carbocycles. The van der Waals surface area contributed by atoms with Crippen molar-refractivity contribution in [3.05, 3.63) is 23.3 Å². The fraction of sp³-hybridized carbons (Fsp3) is 0.500. The molecule has 102 valence electrons. The molecule has 0 aromatic carbocycles. The van der Waals surface area contributed by atoms with Gasteiger partial charge < -0.3 is 9.67 Å². The third-order valence-corrected chi connectivity index (χ3v) is 3.14. The lowest BCUT2D eigenvalue weighted by atomic mass is 10.0. The van der Waals surface area contributed by atoms with Gasteiger partial charge in [-0.2, -0.15) is 0 Å². The molecule has 0 aliphatic rings. The number of aromatic nitrogens is 3. The van der Waals surface area contributed by atoms with Crippen LogP contribution in [0.4, 0.5) is 0 Å². The van der Waals surface area contributed by atoms with Gasteiger partial charge in [-0.3, -0.25) is 0 Å². The molecule has 2 aromatic rings. The second kappa shape index (κ2) is 4.99. The highest BCUT2D eigenvalue weighted by Crippen LogP contribution is 2.27. The quantitative estimate of drug-likeness (QED) is 0.918. The molecular formula is C14H19N3O2. The van der Waals surface area contributed by atoms with Gasteiger partial charge in [0.2, 0.25) is 0 Å². The number of aromatic carboxylic acids is 1. The molecule has 0 radical (unpaired) electrons. The minimum absolute atomic E-state index is 0.168. The van der Waals surface area contributed by atoms with E-state index >= 15 is 0 Å². The molecular weight excluding hydrogens is 242 g/mol. The van der Waals surface area contributed by atoms with Crippen molar-refractivity contribution < 1.29 is 9.90 Å². The van der Waals surface area contributed by atoms with Gasteiger partial charge in [-0.15, -0.1) is 0 Å². The maximum atomic E-state index is 11.3. The third kappa shape index (κ3) is 2.32. The molecule has 0 spiro atoms. The standard InChI is InChI=1S/C14H19N3O2/c1-5-6-10-15-12(8(2)3)11-9(14(18)19)7-17(4)13(11)16-10/h7-8H,5-6H2,1-4H3,(H,18,19). The fourth-order valence-corrected chi connectivity index (χ4v) is 2.26. The van der Waals surface area contributed by atoms with Gasteiger partial charge in [-0.25, -0.2) is 14.8 Å². The largest absolute Gasteiger partial charge is 0.478 e. The fourth-order valence-electron chi connectivity index (χ4n) is 2.26. The second-order valence-corrected chi connectivity index (χ2v) is 5.09. The topological polar surface area (TPSA) is 68.0 Å². The molecule has 0 atom stereocenters. The molecule has 5 heteroatoms. The first-order valence-electron chi connectivity index (χ1n) is 6.54. The van der Waals surface area contributed by atoms with Crippen molar-refractivity contribution in [2.75, 3.05) is 0 Å². The predicted octanol–water partition coefficient (Wildman–Crippen LogP) is 2.74. The molecule has 0 saturated heterocycles. The molecule has 0 amide bonds. The van der Waals surface area contributed by atoms with Crippen LogP contribution < -0.4 is 0 Å². The predicted molar refractivity (Wildman–Crippen MR) is 73.6 cm³/mol. The number of carboxylic acid groups (broad SMARTS) is 1. The SMILES string of the molecule is CCCc1nc(C(C)C)c2c(C(=O)O)cn(C)c2n1. The smallest absolute Gasteiger partial charge is 0.338 e. The van der Waals surface area contributed by atoms with E-state index in [-0.39, 0.29) is 11.5 Å². The summed E-state index contributed by atoms with van der Waals surface area (Å²) < 4.78 is 1.77. The van der Waals surface area contributed by atoms with Crippen molar-refractivity contribution in [1.29, 1.82) is 0 Å². The molecule has 0 bridgehead atoms. The number of hydrogen-bond donors (Lipinski definition) is 1. The number of nitrogens with zero attached hydrogens (tertiary/aromatic N) is 3. The van der Waals surface area contributed by atoms with E-state index < -0.39 is 5.97 Å². The number of carboxylic acids is 1. The Morgan fingerprint density at radius 1 is 1.42 bits per heavy atom. The van der Waals surface area contributed by atoms with Crippen molar-refractivity contribution >= 4 is 17.0 Å². The van der Waals surface area contributed by atoms with Gasteiger partial charge in [0.05, 0.1) is 16.6 Å². The highest BCUT2D eigenvalue weighted by Gasteiger charge is 2.20. The van der Waals surface area contributed by atoms with Gasteiger partial charge in [-0.05, 0) is 12.3 Å². The van der Waals surface area contributed by atoms with Gasteiger partial charge in [0, 0.05) is 19.7 Å². The van der Waals surface area contributed by atoms with E-state index in [0.717, 1.165) is 24.4 Å². The van der Waals surface area contributed by atoms with E-state index in [2.05, 4.69) is 16.9 Å². The van der Waals surface area contributed by atoms with Crippen LogP contribution >= 0.6 is 0 Å². The Morgan fingerprint density at radius 3 is 2.63 bits per heavy atom. The Morgan fingerprint density at radius 2 is 2.11 bits per heavy atom. The average molecular weight is 261 g/mol. The summed E-state index contributed by atoms with van der Waals surface area (Å²) in [5, 5.41) is 9.98. The molecule has 5 nitrogen and oxygen atoms in total. The summed E-state index contributed by atoms with van der Waals surface area (Å²) >= 11 is 0. The number of carbonyl (C=O) groups is 1. The van der Waals surface area contributed by atoms with Crippen LogP contribution in [0.25, 0.3) is 11.0 Å². The molecule has 2 heterocycles. The van der Waals surface area contributed by atoms with Gasteiger partial charge in [-0.1, -0.05) is 20.8 Å². The summed E-state index contributed by atoms with van der Waals surface area (Å²) in [6, 6.07) is 0. The molecule has 0 aliphatic carbocycles. The van der Waals surface area contributed by atoms with E-state index in [1.54, 1.807) is 10.8 Å². The molecule has 2 aromatic heterocycles. The van der Waals surface area contributed by atoms with Gasteiger partial charge in [0.25, 0.3) is 0 Å². The number of rotatable bonds is 4. The van der Waals surface area contributed by atoms with Gasteiger partial charge in [0.15, 0.2) is 0 Å². The van der Waals surface area contributed by atoms with Gasteiger partial charge >= 0.3 is 5.97 Å². The lowest BCUT2D eigenvalue weighted by molar-refractivity contribution is 0.0698. The first-order chi connectivity index (χ1) is 8.95. The first kappa shape index (κ1) is 13.5. The maximum Gasteiger partial charge on any atom is 0.338 e. The molecule has 0 aliphatic heterocycles. The summed E-state index contributed by atoms with van der Waals surface area (Å²) in [5.41, 5.74) is 1.82. The van der Waals surface area contributed by atoms with Crippen molar-refractivity contribution in [1.82, 2.24) is 14.5 Å². The Kier molecular flexibility index (Phi) is 3.55. The monoisotopic (exact) mass is 261 g/mol. The van der Waals surface area contributed by atoms with E-state index in [4.69, 9.17) is 0 Å². The average Bonchev–Trinajstić information content (AvgIpc) is 2.67. The maximum absolute atomic E-state index is 11.3. The number of fused-ring (bicyclic) bond motifs is 1. The lowest BCUT2D eigenvalue weighted by Gasteiger charge is -2.10. The first-order valence-corrected chi connectivity index (χ1v) is 6.54. The van der Waals surface area contributed by atoms with Crippen molar-refractivity contribution in [2.24, 2.45) is 7.05 Å². The zero-order valence-electron chi connectivity index (χ0n) is 11.8. The van der Waals surface area contributed by atoms with E-state index in [1.807, 2.05) is 20.9 Å². The lowest BCUT2D eigenvalue weighted by Crippen LogP contribution is -2.05. The summed E-state index contributed by atoms with van der Waals surface area (Å²) in [5.74, 6) is 0.0257. The van der Waals surface area contributed by atoms with E-state index in [0.29, 0.717) is 11.0 Å². The van der Waals surface area contributed by atoms with Crippen LogP contribution in [-0.4, -0.2) is 25.6 Å². The molecule has 0 unspecified atom stereocenters. The van der Waals surface area contributed by atoms with Crippen molar-refractivity contribution in [3.63, 3.8) is 0 Å². The Hall–Kier alpha value is -1.91. The van der Waals surface area contributed by atoms with E-state index in [1.165, 1.54) is 0 Å². The highest BCUT2D eigenvalue weighted by molar-refractivity contribution is 6.03. The minimum Gasteiger partial charge on any atom is -0.478 e. The normalized spacial score (nSPS) is 11.4. The summed E-state index contributed by atoms with van der Waals surface area (Å²) in [6.45, 7) is 6.13. The molecule has 2 rings (SSSR count). The van der Waals surface area contributed by atoms with Crippen LogP contribution in [0, 0.1) is 0 Å². The van der Waals surface area contributed by atoms with Gasteiger partial charge in [0.1, 0.15) is 11.5 Å². The summed E-state index contributed by atoms with van der Waals surface area (Å²) in [4.78, 5) is 20.4. The van der Waals surface area contributed by atoms with E-state index in [9.17, 15) is 9.90 Å². The Labute approximate surface area is 112 Å². The van der Waals surface area contributed by atoms with Crippen molar-refractivity contribution in [2.45, 2.75) is 39.5 Å². The van der Waals surface area contributed by atoms with Crippen LogP contribution in [0.2, 0.25) is 0 Å². The molecule has 1 N–H and O–H groups in total. The van der Waals surface area contributed by atoms with Crippen LogP contribution in [0.15, 0.2) is 6.20 Å². The third-order valence-electron chi connectivity index (χ3n) is 3.14. The zero-order valence-corrected chi connectivity index (χ0v) is 11.8. The zero-order chi connectivity index (χ0) is 14.2. The minimum atomic E-state index is -0.931. The van der Waals surface area contributed by atoms with Crippen molar-refractivity contribution in [3.8, 4) is 0 Å². The van der Waals surface area contributed by atoms with Crippen LogP contribution in [0.3, 0.4) is 0 Å². The number of hydrogen-bond acceptors (Lipinski definition) is 3.